The summed E-state index contributed by atoms with van der Waals surface area (Å²) in [6.45, 7) is 4.27. The Morgan fingerprint density at radius 2 is 1.55 bits per heavy atom. The van der Waals surface area contributed by atoms with Gasteiger partial charge in [0.25, 0.3) is 0 Å². The topological polar surface area (TPSA) is 12.0 Å². The summed E-state index contributed by atoms with van der Waals surface area (Å²) in [6, 6.07) is 14.5. The minimum Gasteiger partial charge on any atom is -0.304 e. The Bertz CT molecular complexity index is 601. The molecule has 4 heteroatoms. The molecule has 0 aliphatic rings. The summed E-state index contributed by atoms with van der Waals surface area (Å²) < 4.78 is 1.09. The maximum atomic E-state index is 6.07. The lowest BCUT2D eigenvalue weighted by Crippen LogP contribution is -2.22. The fraction of sp³-hybridized carbons (Fsp3) is 0.250. The van der Waals surface area contributed by atoms with E-state index in [9.17, 15) is 0 Å². The second-order valence-corrected chi connectivity index (χ2v) is 6.57. The highest BCUT2D eigenvalue weighted by atomic mass is 79.9. The number of hydrogen-bond acceptors (Lipinski definition) is 1. The molecule has 0 heterocycles. The summed E-state index contributed by atoms with van der Waals surface area (Å²) in [6.07, 6.45) is 0. The van der Waals surface area contributed by atoms with Gasteiger partial charge in [0.05, 0.1) is 10.0 Å². The van der Waals surface area contributed by atoms with Crippen LogP contribution in [0.25, 0.3) is 0 Å². The predicted molar refractivity (Wildman–Crippen MR) is 90.6 cm³/mol. The molecule has 0 aliphatic heterocycles. The third-order valence-corrected chi connectivity index (χ3v) is 4.52. The molecule has 0 saturated heterocycles. The van der Waals surface area contributed by atoms with Crippen LogP contribution >= 0.6 is 39.1 Å². The summed E-state index contributed by atoms with van der Waals surface area (Å²) >= 11 is 15.5. The van der Waals surface area contributed by atoms with Crippen LogP contribution in [0.1, 0.15) is 37.1 Å². The van der Waals surface area contributed by atoms with E-state index < -0.39 is 0 Å². The summed E-state index contributed by atoms with van der Waals surface area (Å²) in [5, 5.41) is 4.74. The first-order valence-corrected chi connectivity index (χ1v) is 7.98. The van der Waals surface area contributed by atoms with Gasteiger partial charge in [-0.15, -0.1) is 0 Å². The van der Waals surface area contributed by atoms with E-state index in [-0.39, 0.29) is 12.1 Å². The lowest BCUT2D eigenvalue weighted by Gasteiger charge is -2.21. The Kier molecular flexibility index (Phi) is 5.50. The quantitative estimate of drug-likeness (QED) is 0.676. The zero-order valence-electron chi connectivity index (χ0n) is 11.3. The molecule has 1 unspecified atom stereocenters. The van der Waals surface area contributed by atoms with Crippen molar-refractivity contribution in [1.29, 1.82) is 0 Å². The van der Waals surface area contributed by atoms with E-state index >= 15 is 0 Å². The summed E-state index contributed by atoms with van der Waals surface area (Å²) in [4.78, 5) is 0. The highest BCUT2D eigenvalue weighted by molar-refractivity contribution is 9.10. The maximum Gasteiger partial charge on any atom is 0.0595 e. The summed E-state index contributed by atoms with van der Waals surface area (Å²) in [5.74, 6) is 0. The number of nitrogens with one attached hydrogen (secondary N) is 1. The van der Waals surface area contributed by atoms with Crippen LogP contribution in [-0.2, 0) is 0 Å². The Morgan fingerprint density at radius 3 is 2.15 bits per heavy atom. The predicted octanol–water partition coefficient (Wildman–Crippen LogP) is 6.17. The van der Waals surface area contributed by atoms with Gasteiger partial charge in [-0.1, -0.05) is 57.3 Å². The fourth-order valence-corrected chi connectivity index (χ4v) is 2.85. The lowest BCUT2D eigenvalue weighted by atomic mass is 10.0. The molecule has 2 rings (SSSR count). The van der Waals surface area contributed by atoms with Crippen molar-refractivity contribution in [2.75, 3.05) is 0 Å². The van der Waals surface area contributed by atoms with Crippen molar-refractivity contribution in [2.45, 2.75) is 25.9 Å². The Balaban J connectivity index is 2.10. The normalized spacial score (nSPS) is 14.1. The van der Waals surface area contributed by atoms with Crippen molar-refractivity contribution < 1.29 is 0 Å². The molecule has 0 spiro atoms. The van der Waals surface area contributed by atoms with Crippen molar-refractivity contribution in [3.8, 4) is 0 Å². The Hall–Kier alpha value is -0.540. The molecule has 2 atom stereocenters. The zero-order valence-corrected chi connectivity index (χ0v) is 14.4. The van der Waals surface area contributed by atoms with Gasteiger partial charge in [0.2, 0.25) is 0 Å². The monoisotopic (exact) mass is 371 g/mol. The molecule has 2 aromatic carbocycles. The van der Waals surface area contributed by atoms with Crippen molar-refractivity contribution in [3.05, 3.63) is 68.1 Å². The molecule has 0 saturated carbocycles. The molecule has 0 aromatic heterocycles. The molecule has 0 aliphatic carbocycles. The van der Waals surface area contributed by atoms with Crippen molar-refractivity contribution in [3.63, 3.8) is 0 Å². The molecule has 0 fully saturated rings. The number of halogens is 3. The van der Waals surface area contributed by atoms with Crippen LogP contribution in [-0.4, -0.2) is 0 Å². The van der Waals surface area contributed by atoms with Crippen LogP contribution in [0.4, 0.5) is 0 Å². The first kappa shape index (κ1) is 15.8. The van der Waals surface area contributed by atoms with E-state index in [2.05, 4.69) is 47.2 Å². The van der Waals surface area contributed by atoms with Crippen LogP contribution < -0.4 is 5.32 Å². The second kappa shape index (κ2) is 6.95. The van der Waals surface area contributed by atoms with Gasteiger partial charge in [0.15, 0.2) is 0 Å². The summed E-state index contributed by atoms with van der Waals surface area (Å²) in [7, 11) is 0. The fourth-order valence-electron chi connectivity index (χ4n) is 2.13. The van der Waals surface area contributed by atoms with E-state index in [1.807, 2.05) is 30.3 Å². The molecular weight excluding hydrogens is 357 g/mol. The van der Waals surface area contributed by atoms with Gasteiger partial charge in [-0.2, -0.15) is 0 Å². The molecule has 106 valence electrons. The van der Waals surface area contributed by atoms with Gasteiger partial charge in [-0.25, -0.2) is 0 Å². The first-order valence-electron chi connectivity index (χ1n) is 6.44. The van der Waals surface area contributed by atoms with Gasteiger partial charge >= 0.3 is 0 Å². The van der Waals surface area contributed by atoms with E-state index in [0.29, 0.717) is 10.0 Å². The minimum absolute atomic E-state index is 0.193. The van der Waals surface area contributed by atoms with Crippen LogP contribution in [0.15, 0.2) is 46.9 Å². The van der Waals surface area contributed by atoms with E-state index in [1.54, 1.807) is 0 Å². The average Bonchev–Trinajstić information content (AvgIpc) is 2.41. The van der Waals surface area contributed by atoms with Gasteiger partial charge in [-0.3, -0.25) is 0 Å². The molecule has 0 radical (unpaired) electrons. The van der Waals surface area contributed by atoms with Gasteiger partial charge in [-0.05, 0) is 49.2 Å². The largest absolute Gasteiger partial charge is 0.304 e. The van der Waals surface area contributed by atoms with E-state index in [1.165, 1.54) is 5.56 Å². The van der Waals surface area contributed by atoms with Crippen molar-refractivity contribution in [1.82, 2.24) is 5.32 Å². The highest BCUT2D eigenvalue weighted by Crippen LogP contribution is 2.27. The van der Waals surface area contributed by atoms with Crippen LogP contribution in [0.2, 0.25) is 10.0 Å². The lowest BCUT2D eigenvalue weighted by molar-refractivity contribution is 0.494. The zero-order chi connectivity index (χ0) is 14.7. The van der Waals surface area contributed by atoms with Crippen molar-refractivity contribution in [2.24, 2.45) is 0 Å². The minimum atomic E-state index is 0.193. The molecule has 0 amide bonds. The van der Waals surface area contributed by atoms with Crippen LogP contribution in [0.5, 0.6) is 0 Å². The molecule has 2 aromatic rings. The van der Waals surface area contributed by atoms with E-state index in [4.69, 9.17) is 23.2 Å². The molecule has 1 N–H and O–H groups in total. The number of rotatable bonds is 4. The molecular formula is C16H16BrCl2N. The molecule has 0 bridgehead atoms. The van der Waals surface area contributed by atoms with Crippen LogP contribution in [0, 0.1) is 0 Å². The third-order valence-electron chi connectivity index (χ3n) is 3.29. The summed E-state index contributed by atoms with van der Waals surface area (Å²) in [5.41, 5.74) is 2.37. The Morgan fingerprint density at radius 1 is 0.900 bits per heavy atom. The third kappa shape index (κ3) is 3.98. The Labute approximate surface area is 138 Å². The van der Waals surface area contributed by atoms with Crippen LogP contribution in [0.3, 0.4) is 0 Å². The van der Waals surface area contributed by atoms with E-state index in [0.717, 1.165) is 10.0 Å². The first-order chi connectivity index (χ1) is 9.47. The van der Waals surface area contributed by atoms with Gasteiger partial charge in [0, 0.05) is 16.6 Å². The molecule has 20 heavy (non-hydrogen) atoms. The smallest absolute Gasteiger partial charge is 0.0595 e. The van der Waals surface area contributed by atoms with Crippen molar-refractivity contribution >= 4 is 39.1 Å². The van der Waals surface area contributed by atoms with Gasteiger partial charge < -0.3 is 5.32 Å². The average molecular weight is 373 g/mol. The molecule has 1 nitrogen and oxygen atoms in total. The van der Waals surface area contributed by atoms with Gasteiger partial charge in [0.1, 0.15) is 0 Å². The number of hydrogen-bond donors (Lipinski definition) is 1. The maximum absolute atomic E-state index is 6.07. The standard InChI is InChI=1S/C16H16BrCl2N/c1-10(12-4-3-5-14(17)8-12)20-11(2)13-6-7-15(18)16(19)9-13/h3-11,20H,1-2H3/t10-,11?/m0/s1. The number of benzene rings is 2. The highest BCUT2D eigenvalue weighted by Gasteiger charge is 2.12. The SMILES string of the molecule is CC(N[C@@H](C)c1cccc(Br)c1)c1ccc(Cl)c(Cl)c1. The second-order valence-electron chi connectivity index (χ2n) is 4.84.